The molecule has 108 valence electrons. The van der Waals surface area contributed by atoms with E-state index in [0.717, 1.165) is 10.1 Å². The molecule has 1 aromatic heterocycles. The predicted molar refractivity (Wildman–Crippen MR) is 84.6 cm³/mol. The fraction of sp³-hybridized carbons (Fsp3) is 0.400. The largest absolute Gasteiger partial charge is 0.496 e. The topological polar surface area (TPSA) is 64.3 Å². The maximum absolute atomic E-state index is 12.3. The molecule has 0 saturated heterocycles. The molecule has 1 unspecified atom stereocenters. The third-order valence-electron chi connectivity index (χ3n) is 3.50. The van der Waals surface area contributed by atoms with E-state index in [0.29, 0.717) is 22.2 Å². The van der Waals surface area contributed by atoms with Gasteiger partial charge in [-0.1, -0.05) is 19.9 Å². The second kappa shape index (κ2) is 5.71. The lowest BCUT2D eigenvalue weighted by molar-refractivity contribution is 0.0935. The molecule has 1 amide bonds. The summed E-state index contributed by atoms with van der Waals surface area (Å²) in [5, 5.41) is 3.81. The number of anilines is 1. The van der Waals surface area contributed by atoms with E-state index in [4.69, 9.17) is 10.5 Å². The van der Waals surface area contributed by atoms with Crippen LogP contribution in [-0.2, 0) is 0 Å². The summed E-state index contributed by atoms with van der Waals surface area (Å²) < 4.78 is 6.28. The minimum Gasteiger partial charge on any atom is -0.496 e. The van der Waals surface area contributed by atoms with Crippen LogP contribution in [0.3, 0.4) is 0 Å². The molecule has 5 heteroatoms. The number of rotatable bonds is 4. The summed E-state index contributed by atoms with van der Waals surface area (Å²) in [6.07, 6.45) is 0. The molecule has 2 rings (SSSR count). The first kappa shape index (κ1) is 14.7. The normalized spacial score (nSPS) is 12.7. The predicted octanol–water partition coefficient (Wildman–Crippen LogP) is 3.27. The molecule has 0 radical (unpaired) electrons. The number of amides is 1. The molecule has 1 heterocycles. The van der Waals surface area contributed by atoms with Crippen molar-refractivity contribution in [3.05, 3.63) is 23.1 Å². The number of methoxy groups -OCH3 is 1. The van der Waals surface area contributed by atoms with Gasteiger partial charge in [-0.2, -0.15) is 0 Å². The highest BCUT2D eigenvalue weighted by atomic mass is 32.1. The standard InChI is InChI=1S/C15H20N2O2S/c1-8(2)9(3)17-15(18)14-13(16)12-10(19-4)6-5-7-11(12)20-14/h5-9H,16H2,1-4H3,(H,17,18). The van der Waals surface area contributed by atoms with Crippen molar-refractivity contribution in [2.75, 3.05) is 12.8 Å². The average Bonchev–Trinajstić information content (AvgIpc) is 2.76. The van der Waals surface area contributed by atoms with Gasteiger partial charge < -0.3 is 15.8 Å². The Balaban J connectivity index is 2.41. The van der Waals surface area contributed by atoms with E-state index < -0.39 is 0 Å². The van der Waals surface area contributed by atoms with E-state index in [9.17, 15) is 4.79 Å². The molecule has 0 aliphatic carbocycles. The van der Waals surface area contributed by atoms with Crippen molar-refractivity contribution in [1.82, 2.24) is 5.32 Å². The number of fused-ring (bicyclic) bond motifs is 1. The zero-order valence-electron chi connectivity index (χ0n) is 12.2. The molecule has 1 atom stereocenters. The second-order valence-corrected chi connectivity index (χ2v) is 6.24. The van der Waals surface area contributed by atoms with Crippen LogP contribution in [0.4, 0.5) is 5.69 Å². The minimum absolute atomic E-state index is 0.106. The number of hydrogen-bond donors (Lipinski definition) is 2. The summed E-state index contributed by atoms with van der Waals surface area (Å²) in [5.74, 6) is 0.961. The van der Waals surface area contributed by atoms with Crippen molar-refractivity contribution in [3.63, 3.8) is 0 Å². The molecule has 4 nitrogen and oxygen atoms in total. The molecule has 1 aromatic carbocycles. The summed E-state index contributed by atoms with van der Waals surface area (Å²) >= 11 is 1.40. The van der Waals surface area contributed by atoms with Gasteiger partial charge in [-0.15, -0.1) is 11.3 Å². The third-order valence-corrected chi connectivity index (χ3v) is 4.67. The molecule has 0 fully saturated rings. The zero-order valence-corrected chi connectivity index (χ0v) is 13.0. The van der Waals surface area contributed by atoms with Gasteiger partial charge in [0.1, 0.15) is 10.6 Å². The Hall–Kier alpha value is -1.75. The first-order valence-corrected chi connectivity index (χ1v) is 7.43. The van der Waals surface area contributed by atoms with Crippen LogP contribution in [0.15, 0.2) is 18.2 Å². The van der Waals surface area contributed by atoms with Crippen molar-refractivity contribution in [2.24, 2.45) is 5.92 Å². The van der Waals surface area contributed by atoms with Gasteiger partial charge in [-0.3, -0.25) is 4.79 Å². The summed E-state index contributed by atoms with van der Waals surface area (Å²) in [4.78, 5) is 12.9. The Morgan fingerprint density at radius 1 is 1.35 bits per heavy atom. The Kier molecular flexibility index (Phi) is 4.18. The van der Waals surface area contributed by atoms with E-state index >= 15 is 0 Å². The molecular formula is C15H20N2O2S. The van der Waals surface area contributed by atoms with E-state index in [1.165, 1.54) is 11.3 Å². The van der Waals surface area contributed by atoms with Crippen molar-refractivity contribution >= 4 is 33.0 Å². The van der Waals surface area contributed by atoms with Crippen LogP contribution < -0.4 is 15.8 Å². The average molecular weight is 292 g/mol. The Morgan fingerprint density at radius 3 is 2.65 bits per heavy atom. The molecule has 0 saturated carbocycles. The fourth-order valence-corrected chi connectivity index (χ4v) is 2.96. The van der Waals surface area contributed by atoms with Crippen LogP contribution in [0.1, 0.15) is 30.4 Å². The van der Waals surface area contributed by atoms with Crippen molar-refractivity contribution in [2.45, 2.75) is 26.8 Å². The summed E-state index contributed by atoms with van der Waals surface area (Å²) in [7, 11) is 1.60. The molecule has 0 spiro atoms. The van der Waals surface area contributed by atoms with E-state index in [1.807, 2.05) is 25.1 Å². The fourth-order valence-electron chi connectivity index (χ4n) is 1.92. The van der Waals surface area contributed by atoms with Crippen LogP contribution in [0.2, 0.25) is 0 Å². The number of benzene rings is 1. The van der Waals surface area contributed by atoms with E-state index in [2.05, 4.69) is 19.2 Å². The van der Waals surface area contributed by atoms with Crippen LogP contribution in [0.25, 0.3) is 10.1 Å². The Labute approximate surface area is 122 Å². The summed E-state index contributed by atoms with van der Waals surface area (Å²) in [5.41, 5.74) is 6.63. The number of nitrogens with one attached hydrogen (secondary N) is 1. The lowest BCUT2D eigenvalue weighted by atomic mass is 10.1. The van der Waals surface area contributed by atoms with Crippen molar-refractivity contribution in [3.8, 4) is 5.75 Å². The van der Waals surface area contributed by atoms with Gasteiger partial charge in [0, 0.05) is 10.7 Å². The quantitative estimate of drug-likeness (QED) is 0.909. The highest BCUT2D eigenvalue weighted by Crippen LogP contribution is 2.39. The molecule has 2 aromatic rings. The van der Waals surface area contributed by atoms with Gasteiger partial charge in [0.05, 0.1) is 18.2 Å². The first-order valence-electron chi connectivity index (χ1n) is 6.61. The Bertz CT molecular complexity index is 634. The first-order chi connectivity index (χ1) is 9.45. The molecule has 0 bridgehead atoms. The summed E-state index contributed by atoms with van der Waals surface area (Å²) in [6.45, 7) is 6.14. The van der Waals surface area contributed by atoms with Crippen LogP contribution >= 0.6 is 11.3 Å². The number of nitrogen functional groups attached to an aromatic ring is 1. The SMILES string of the molecule is COc1cccc2sc(C(=O)NC(C)C(C)C)c(N)c12. The number of carbonyl (C=O) groups is 1. The number of hydrogen-bond acceptors (Lipinski definition) is 4. The van der Waals surface area contributed by atoms with Crippen LogP contribution in [-0.4, -0.2) is 19.1 Å². The van der Waals surface area contributed by atoms with Crippen LogP contribution in [0.5, 0.6) is 5.75 Å². The maximum Gasteiger partial charge on any atom is 0.263 e. The highest BCUT2D eigenvalue weighted by Gasteiger charge is 2.20. The highest BCUT2D eigenvalue weighted by molar-refractivity contribution is 7.21. The summed E-state index contributed by atoms with van der Waals surface area (Å²) in [6, 6.07) is 5.80. The van der Waals surface area contributed by atoms with E-state index in [-0.39, 0.29) is 11.9 Å². The third kappa shape index (κ3) is 2.58. The lowest BCUT2D eigenvalue weighted by Crippen LogP contribution is -2.35. The lowest BCUT2D eigenvalue weighted by Gasteiger charge is -2.16. The monoisotopic (exact) mass is 292 g/mol. The van der Waals surface area contributed by atoms with Gasteiger partial charge in [0.25, 0.3) is 5.91 Å². The maximum atomic E-state index is 12.3. The van der Waals surface area contributed by atoms with Crippen molar-refractivity contribution < 1.29 is 9.53 Å². The van der Waals surface area contributed by atoms with Gasteiger partial charge in [-0.05, 0) is 25.0 Å². The van der Waals surface area contributed by atoms with Crippen LogP contribution in [0, 0.1) is 5.92 Å². The molecule has 20 heavy (non-hydrogen) atoms. The van der Waals surface area contributed by atoms with Gasteiger partial charge >= 0.3 is 0 Å². The number of thiophene rings is 1. The molecule has 0 aliphatic heterocycles. The number of nitrogens with two attached hydrogens (primary N) is 1. The Morgan fingerprint density at radius 2 is 2.05 bits per heavy atom. The van der Waals surface area contributed by atoms with Gasteiger partial charge in [0.2, 0.25) is 0 Å². The van der Waals surface area contributed by atoms with Crippen molar-refractivity contribution in [1.29, 1.82) is 0 Å². The number of ether oxygens (including phenoxy) is 1. The molecular weight excluding hydrogens is 272 g/mol. The number of carbonyl (C=O) groups excluding carboxylic acids is 1. The van der Waals surface area contributed by atoms with Gasteiger partial charge in [-0.25, -0.2) is 0 Å². The zero-order chi connectivity index (χ0) is 14.9. The second-order valence-electron chi connectivity index (χ2n) is 5.18. The van der Waals surface area contributed by atoms with E-state index in [1.54, 1.807) is 7.11 Å². The smallest absolute Gasteiger partial charge is 0.263 e. The molecule has 3 N–H and O–H groups in total. The van der Waals surface area contributed by atoms with Gasteiger partial charge in [0.15, 0.2) is 0 Å². The minimum atomic E-state index is -0.119. The molecule has 0 aliphatic rings.